The highest BCUT2D eigenvalue weighted by Gasteiger charge is 2.34. The Morgan fingerprint density at radius 1 is 1.09 bits per heavy atom. The van der Waals surface area contributed by atoms with Crippen LogP contribution in [-0.4, -0.2) is 50.3 Å². The van der Waals surface area contributed by atoms with Crippen molar-refractivity contribution >= 4 is 33.6 Å². The molecule has 0 radical (unpaired) electrons. The first-order valence-corrected chi connectivity index (χ1v) is 12.1. The quantitative estimate of drug-likeness (QED) is 0.600. The van der Waals surface area contributed by atoms with Crippen LogP contribution < -0.4 is 10.6 Å². The molecule has 3 amide bonds. The fourth-order valence-corrected chi connectivity index (χ4v) is 5.03. The Bertz CT molecular complexity index is 1180. The molecule has 1 saturated heterocycles. The van der Waals surface area contributed by atoms with Crippen LogP contribution >= 0.6 is 0 Å². The van der Waals surface area contributed by atoms with Gasteiger partial charge < -0.3 is 10.1 Å². The molecule has 0 bridgehead atoms. The van der Waals surface area contributed by atoms with E-state index in [0.29, 0.717) is 18.5 Å². The van der Waals surface area contributed by atoms with Gasteiger partial charge in [0.2, 0.25) is 10.0 Å². The van der Waals surface area contributed by atoms with E-state index in [-0.39, 0.29) is 18.0 Å². The molecule has 9 nitrogen and oxygen atoms in total. The number of piperidine rings is 1. The first kappa shape index (κ1) is 25.3. The first-order chi connectivity index (χ1) is 16.1. The summed E-state index contributed by atoms with van der Waals surface area (Å²) >= 11 is 0. The van der Waals surface area contributed by atoms with E-state index in [1.807, 2.05) is 19.9 Å². The third kappa shape index (κ3) is 6.39. The second kappa shape index (κ2) is 10.7. The van der Waals surface area contributed by atoms with Gasteiger partial charge in [0, 0.05) is 18.8 Å². The van der Waals surface area contributed by atoms with E-state index >= 15 is 0 Å². The van der Waals surface area contributed by atoms with Crippen LogP contribution in [0.25, 0.3) is 0 Å². The molecule has 1 fully saturated rings. The van der Waals surface area contributed by atoms with Crippen molar-refractivity contribution in [3.63, 3.8) is 0 Å². The minimum Gasteiger partial charge on any atom is -0.455 e. The lowest BCUT2D eigenvalue weighted by atomic mass is 10.00. The number of ether oxygens (including phenoxy) is 1. The van der Waals surface area contributed by atoms with Gasteiger partial charge in [0.05, 0.1) is 10.8 Å². The van der Waals surface area contributed by atoms with Gasteiger partial charge in [-0.05, 0) is 74.2 Å². The third-order valence-corrected chi connectivity index (χ3v) is 7.41. The fourth-order valence-electron chi connectivity index (χ4n) is 3.51. The lowest BCUT2D eigenvalue weighted by molar-refractivity contribution is -0.153. The lowest BCUT2D eigenvalue weighted by Gasteiger charge is -2.30. The van der Waals surface area contributed by atoms with Crippen LogP contribution in [0.15, 0.2) is 47.4 Å². The van der Waals surface area contributed by atoms with Gasteiger partial charge >= 0.3 is 12.0 Å². The molecule has 2 aromatic carbocycles. The maximum absolute atomic E-state index is 13.1. The average Bonchev–Trinajstić information content (AvgIpc) is 2.80. The average molecular weight is 492 g/mol. The summed E-state index contributed by atoms with van der Waals surface area (Å²) < 4.78 is 44.9. The molecule has 1 atom stereocenters. The summed E-state index contributed by atoms with van der Waals surface area (Å²) in [5.74, 6) is -2.87. The number of rotatable bonds is 6. The summed E-state index contributed by atoms with van der Waals surface area (Å²) in [7, 11) is -3.90. The van der Waals surface area contributed by atoms with Crippen LogP contribution in [0.1, 0.15) is 24.0 Å². The van der Waals surface area contributed by atoms with Crippen molar-refractivity contribution < 1.29 is 31.9 Å². The predicted octanol–water partition coefficient (Wildman–Crippen LogP) is 2.73. The number of hydrogen-bond donors (Lipinski definition) is 2. The number of halogens is 1. The van der Waals surface area contributed by atoms with Gasteiger partial charge in [-0.25, -0.2) is 17.6 Å². The summed E-state index contributed by atoms with van der Waals surface area (Å²) in [5.41, 5.74) is 2.54. The molecule has 0 saturated carbocycles. The van der Waals surface area contributed by atoms with Crippen LogP contribution in [0, 0.1) is 25.6 Å². The van der Waals surface area contributed by atoms with Crippen LogP contribution in [0.5, 0.6) is 0 Å². The van der Waals surface area contributed by atoms with Crippen LogP contribution in [0.3, 0.4) is 0 Å². The highest BCUT2D eigenvalue weighted by molar-refractivity contribution is 7.89. The molecule has 1 aliphatic rings. The molecular weight excluding hydrogens is 465 g/mol. The minimum absolute atomic E-state index is 0.0722. The Labute approximate surface area is 197 Å². The van der Waals surface area contributed by atoms with Crippen molar-refractivity contribution in [2.24, 2.45) is 5.92 Å². The maximum Gasteiger partial charge on any atom is 0.325 e. The Kier molecular flexibility index (Phi) is 8.00. The van der Waals surface area contributed by atoms with Gasteiger partial charge in [-0.2, -0.15) is 4.31 Å². The standard InChI is InChI=1S/C23H26FN3O6S/c1-15-5-8-19(12-16(15)2)25-23(30)26-21(28)14-33-22(29)17-4-3-11-27(13-17)34(31,32)20-9-6-18(24)7-10-20/h5-10,12,17H,3-4,11,13-14H2,1-2H3,(H2,25,26,28,30). The van der Waals surface area contributed by atoms with E-state index in [4.69, 9.17) is 4.74 Å². The van der Waals surface area contributed by atoms with Gasteiger partial charge in [0.15, 0.2) is 6.61 Å². The number of aryl methyl sites for hydroxylation is 2. The summed E-state index contributed by atoms with van der Waals surface area (Å²) in [4.78, 5) is 36.4. The second-order valence-electron chi connectivity index (χ2n) is 8.07. The van der Waals surface area contributed by atoms with E-state index in [0.717, 1.165) is 27.6 Å². The number of esters is 1. The first-order valence-electron chi connectivity index (χ1n) is 10.7. The Hall–Kier alpha value is -3.31. The summed E-state index contributed by atoms with van der Waals surface area (Å²) in [6.45, 7) is 3.23. The molecule has 0 aliphatic carbocycles. The number of nitrogens with zero attached hydrogens (tertiary/aromatic N) is 1. The third-order valence-electron chi connectivity index (χ3n) is 5.53. The topological polar surface area (TPSA) is 122 Å². The molecule has 182 valence electrons. The zero-order valence-electron chi connectivity index (χ0n) is 18.8. The Balaban J connectivity index is 1.50. The molecule has 3 rings (SSSR count). The number of imide groups is 1. The van der Waals surface area contributed by atoms with Crippen LogP contribution in [0.2, 0.25) is 0 Å². The SMILES string of the molecule is Cc1ccc(NC(=O)NC(=O)COC(=O)C2CCCN(S(=O)(=O)c3ccc(F)cc3)C2)cc1C. The van der Waals surface area contributed by atoms with E-state index < -0.39 is 46.3 Å². The number of anilines is 1. The van der Waals surface area contributed by atoms with E-state index in [1.165, 1.54) is 12.1 Å². The number of sulfonamides is 1. The Morgan fingerprint density at radius 2 is 1.79 bits per heavy atom. The zero-order chi connectivity index (χ0) is 24.9. The van der Waals surface area contributed by atoms with Crippen LogP contribution in [-0.2, 0) is 24.3 Å². The molecule has 1 unspecified atom stereocenters. The number of nitrogens with one attached hydrogen (secondary N) is 2. The molecule has 0 aromatic heterocycles. The largest absolute Gasteiger partial charge is 0.455 e. The number of benzene rings is 2. The van der Waals surface area contributed by atoms with Crippen molar-refractivity contribution in [3.8, 4) is 0 Å². The number of carbonyl (C=O) groups is 3. The summed E-state index contributed by atoms with van der Waals surface area (Å²) in [6, 6.07) is 8.96. The van der Waals surface area contributed by atoms with E-state index in [2.05, 4.69) is 10.6 Å². The zero-order valence-corrected chi connectivity index (χ0v) is 19.7. The lowest BCUT2D eigenvalue weighted by Crippen LogP contribution is -2.43. The number of carbonyl (C=O) groups excluding carboxylic acids is 3. The Morgan fingerprint density at radius 3 is 2.47 bits per heavy atom. The number of hydrogen-bond acceptors (Lipinski definition) is 6. The molecule has 1 aliphatic heterocycles. The number of amides is 3. The number of urea groups is 1. The van der Waals surface area contributed by atoms with Gasteiger partial charge in [-0.1, -0.05) is 6.07 Å². The molecule has 34 heavy (non-hydrogen) atoms. The highest BCUT2D eigenvalue weighted by Crippen LogP contribution is 2.24. The monoisotopic (exact) mass is 491 g/mol. The van der Waals surface area contributed by atoms with Gasteiger partial charge in [-0.3, -0.25) is 14.9 Å². The molecule has 11 heteroatoms. The maximum atomic E-state index is 13.1. The van der Waals surface area contributed by atoms with Crippen LogP contribution in [0.4, 0.5) is 14.9 Å². The molecule has 2 aromatic rings. The molecule has 2 N–H and O–H groups in total. The molecular formula is C23H26FN3O6S. The smallest absolute Gasteiger partial charge is 0.325 e. The molecule has 0 spiro atoms. The highest BCUT2D eigenvalue weighted by atomic mass is 32.2. The fraction of sp³-hybridized carbons (Fsp3) is 0.348. The normalized spacial score (nSPS) is 16.5. The van der Waals surface area contributed by atoms with Crippen molar-refractivity contribution in [1.82, 2.24) is 9.62 Å². The summed E-state index contributed by atoms with van der Waals surface area (Å²) in [5, 5.41) is 4.60. The summed E-state index contributed by atoms with van der Waals surface area (Å²) in [6.07, 6.45) is 0.813. The van der Waals surface area contributed by atoms with Gasteiger partial charge in [0.25, 0.3) is 5.91 Å². The molecule has 1 heterocycles. The van der Waals surface area contributed by atoms with Gasteiger partial charge in [0.1, 0.15) is 5.82 Å². The minimum atomic E-state index is -3.90. The van der Waals surface area contributed by atoms with Gasteiger partial charge in [-0.15, -0.1) is 0 Å². The van der Waals surface area contributed by atoms with E-state index in [1.54, 1.807) is 12.1 Å². The van der Waals surface area contributed by atoms with Crippen molar-refractivity contribution in [2.75, 3.05) is 25.0 Å². The van der Waals surface area contributed by atoms with Crippen molar-refractivity contribution in [2.45, 2.75) is 31.6 Å². The second-order valence-corrected chi connectivity index (χ2v) is 10.0. The predicted molar refractivity (Wildman–Crippen MR) is 122 cm³/mol. The van der Waals surface area contributed by atoms with E-state index in [9.17, 15) is 27.2 Å². The van der Waals surface area contributed by atoms with Crippen molar-refractivity contribution in [1.29, 1.82) is 0 Å². The van der Waals surface area contributed by atoms with Crippen molar-refractivity contribution in [3.05, 3.63) is 59.4 Å².